The van der Waals surface area contributed by atoms with Crippen LogP contribution in [-0.2, 0) is 9.59 Å². The first kappa shape index (κ1) is 20.7. The quantitative estimate of drug-likeness (QED) is 0.441. The van der Waals surface area contributed by atoms with Gasteiger partial charge in [0.15, 0.2) is 0 Å². The predicted octanol–water partition coefficient (Wildman–Crippen LogP) is 3.59. The molecule has 2 aromatic carbocycles. The van der Waals surface area contributed by atoms with Crippen molar-refractivity contribution >= 4 is 17.4 Å². The third kappa shape index (κ3) is 4.22. The zero-order valence-electron chi connectivity index (χ0n) is 16.6. The molecule has 1 N–H and O–H groups in total. The van der Waals surface area contributed by atoms with Gasteiger partial charge in [0, 0.05) is 18.7 Å². The van der Waals surface area contributed by atoms with Gasteiger partial charge in [0.2, 0.25) is 0 Å². The van der Waals surface area contributed by atoms with Crippen LogP contribution in [0.2, 0.25) is 0 Å². The number of hydrogen-bond donors (Lipinski definition) is 1. The van der Waals surface area contributed by atoms with Gasteiger partial charge in [0.1, 0.15) is 11.6 Å². The first-order valence-electron chi connectivity index (χ1n) is 9.79. The third-order valence-electron chi connectivity index (χ3n) is 5.32. The van der Waals surface area contributed by atoms with E-state index in [0.717, 1.165) is 13.1 Å². The fourth-order valence-corrected chi connectivity index (χ4v) is 3.64. The molecular weight excluding hydrogens is 371 g/mol. The van der Waals surface area contributed by atoms with Gasteiger partial charge in [-0.1, -0.05) is 56.3 Å². The number of rotatable bonds is 7. The van der Waals surface area contributed by atoms with Crippen LogP contribution in [0.3, 0.4) is 0 Å². The first-order chi connectivity index (χ1) is 14.0. The van der Waals surface area contributed by atoms with Crippen LogP contribution in [0.25, 0.3) is 5.76 Å². The number of amides is 1. The second-order valence-corrected chi connectivity index (χ2v) is 6.94. The third-order valence-corrected chi connectivity index (χ3v) is 5.32. The van der Waals surface area contributed by atoms with Gasteiger partial charge in [-0.05, 0) is 30.8 Å². The minimum absolute atomic E-state index is 0.0346. The van der Waals surface area contributed by atoms with E-state index in [-0.39, 0.29) is 11.3 Å². The van der Waals surface area contributed by atoms with Crippen molar-refractivity contribution in [2.75, 3.05) is 26.2 Å². The molecule has 5 nitrogen and oxygen atoms in total. The van der Waals surface area contributed by atoms with Crippen molar-refractivity contribution in [2.45, 2.75) is 19.9 Å². The highest BCUT2D eigenvalue weighted by Crippen LogP contribution is 2.39. The van der Waals surface area contributed by atoms with E-state index >= 15 is 0 Å². The summed E-state index contributed by atoms with van der Waals surface area (Å²) >= 11 is 0. The molecule has 0 bridgehead atoms. The first-order valence-corrected chi connectivity index (χ1v) is 9.79. The summed E-state index contributed by atoms with van der Waals surface area (Å²) in [7, 11) is 0. The highest BCUT2D eigenvalue weighted by Gasteiger charge is 2.45. The van der Waals surface area contributed by atoms with Crippen LogP contribution < -0.4 is 0 Å². The average molecular weight is 396 g/mol. The maximum atomic E-state index is 13.5. The summed E-state index contributed by atoms with van der Waals surface area (Å²) in [6.07, 6.45) is 0. The molecule has 1 atom stereocenters. The van der Waals surface area contributed by atoms with Crippen molar-refractivity contribution in [3.63, 3.8) is 0 Å². The van der Waals surface area contributed by atoms with E-state index in [0.29, 0.717) is 24.2 Å². The molecule has 2 aromatic rings. The second kappa shape index (κ2) is 9.01. The Morgan fingerprint density at radius 2 is 1.66 bits per heavy atom. The summed E-state index contributed by atoms with van der Waals surface area (Å²) in [6.45, 7) is 6.65. The maximum Gasteiger partial charge on any atom is 0.295 e. The van der Waals surface area contributed by atoms with Crippen LogP contribution in [-0.4, -0.2) is 52.8 Å². The van der Waals surface area contributed by atoms with E-state index in [1.165, 1.54) is 17.0 Å². The number of likely N-dealkylation sites (N-methyl/N-ethyl adjacent to an activating group) is 1. The Morgan fingerprint density at radius 3 is 2.24 bits per heavy atom. The molecule has 29 heavy (non-hydrogen) atoms. The number of nitrogens with zero attached hydrogens (tertiary/aromatic N) is 2. The SMILES string of the molecule is CCN(CC)CCN1C(=O)C(=O)/C(=C(/O)c2ccccc2)[C@H]1c1ccc(F)cc1. The summed E-state index contributed by atoms with van der Waals surface area (Å²) in [5.41, 5.74) is 1.08. The topological polar surface area (TPSA) is 60.9 Å². The standard InChI is InChI=1S/C23H25FN2O3/c1-3-25(4-2)14-15-26-20(16-10-12-18(24)13-11-16)19(22(28)23(26)29)21(27)17-8-6-5-7-9-17/h5-13,20,27H,3-4,14-15H2,1-2H3/b21-19+/t20-/m1/s1. The minimum Gasteiger partial charge on any atom is -0.507 e. The summed E-state index contributed by atoms with van der Waals surface area (Å²) in [5, 5.41) is 10.9. The molecule has 3 rings (SSSR count). The molecular formula is C23H25FN2O3. The zero-order valence-corrected chi connectivity index (χ0v) is 16.6. The number of carbonyl (C=O) groups excluding carboxylic acids is 2. The number of likely N-dealkylation sites (tertiary alicyclic amines) is 1. The second-order valence-electron chi connectivity index (χ2n) is 6.94. The summed E-state index contributed by atoms with van der Waals surface area (Å²) < 4.78 is 13.5. The molecule has 152 valence electrons. The molecule has 1 amide bonds. The Kier molecular flexibility index (Phi) is 6.44. The number of hydrogen-bond acceptors (Lipinski definition) is 4. The van der Waals surface area contributed by atoms with Crippen LogP contribution in [0.4, 0.5) is 4.39 Å². The maximum absolute atomic E-state index is 13.5. The van der Waals surface area contributed by atoms with E-state index in [2.05, 4.69) is 4.90 Å². The van der Waals surface area contributed by atoms with Gasteiger partial charge in [-0.2, -0.15) is 0 Å². The van der Waals surface area contributed by atoms with Gasteiger partial charge in [-0.15, -0.1) is 0 Å². The number of aliphatic hydroxyl groups excluding tert-OH is 1. The highest BCUT2D eigenvalue weighted by molar-refractivity contribution is 6.46. The van der Waals surface area contributed by atoms with Crippen LogP contribution in [0.1, 0.15) is 31.0 Å². The fourth-order valence-electron chi connectivity index (χ4n) is 3.64. The molecule has 1 fully saturated rings. The molecule has 1 aliphatic rings. The van der Waals surface area contributed by atoms with E-state index in [1.54, 1.807) is 42.5 Å². The van der Waals surface area contributed by atoms with Gasteiger partial charge in [-0.3, -0.25) is 9.59 Å². The lowest BCUT2D eigenvalue weighted by Gasteiger charge is -2.28. The highest BCUT2D eigenvalue weighted by atomic mass is 19.1. The number of halogens is 1. The lowest BCUT2D eigenvalue weighted by Crippen LogP contribution is -2.38. The number of carbonyl (C=O) groups is 2. The van der Waals surface area contributed by atoms with Crippen molar-refractivity contribution in [1.82, 2.24) is 9.80 Å². The fraction of sp³-hybridized carbons (Fsp3) is 0.304. The minimum atomic E-state index is -0.758. The molecule has 1 heterocycles. The largest absolute Gasteiger partial charge is 0.507 e. The predicted molar refractivity (Wildman–Crippen MR) is 110 cm³/mol. The molecule has 1 aliphatic heterocycles. The smallest absolute Gasteiger partial charge is 0.295 e. The molecule has 6 heteroatoms. The number of aliphatic hydroxyl groups is 1. The molecule has 0 saturated carbocycles. The Morgan fingerprint density at radius 1 is 1.03 bits per heavy atom. The van der Waals surface area contributed by atoms with E-state index in [4.69, 9.17) is 0 Å². The van der Waals surface area contributed by atoms with Crippen molar-refractivity contribution in [3.8, 4) is 0 Å². The Labute approximate surface area is 170 Å². The van der Waals surface area contributed by atoms with Crippen molar-refractivity contribution in [1.29, 1.82) is 0 Å². The van der Waals surface area contributed by atoms with Crippen molar-refractivity contribution in [2.24, 2.45) is 0 Å². The summed E-state index contributed by atoms with van der Waals surface area (Å²) in [6, 6.07) is 13.6. The zero-order chi connectivity index (χ0) is 21.0. The number of benzene rings is 2. The lowest BCUT2D eigenvalue weighted by atomic mass is 9.95. The Balaban J connectivity index is 2.07. The number of ketones is 1. The van der Waals surface area contributed by atoms with Crippen LogP contribution >= 0.6 is 0 Å². The molecule has 0 spiro atoms. The van der Waals surface area contributed by atoms with Crippen LogP contribution in [0.15, 0.2) is 60.2 Å². The molecule has 0 aliphatic carbocycles. The van der Waals surface area contributed by atoms with E-state index in [1.807, 2.05) is 13.8 Å². The van der Waals surface area contributed by atoms with E-state index < -0.39 is 23.5 Å². The van der Waals surface area contributed by atoms with Gasteiger partial charge in [0.25, 0.3) is 11.7 Å². The molecule has 0 radical (unpaired) electrons. The molecule has 0 unspecified atom stereocenters. The normalized spacial score (nSPS) is 18.6. The van der Waals surface area contributed by atoms with Gasteiger partial charge in [-0.25, -0.2) is 4.39 Å². The Bertz CT molecular complexity index is 905. The Hall–Kier alpha value is -2.99. The summed E-state index contributed by atoms with van der Waals surface area (Å²) in [4.78, 5) is 29.3. The van der Waals surface area contributed by atoms with E-state index in [9.17, 15) is 19.1 Å². The van der Waals surface area contributed by atoms with Crippen LogP contribution in [0, 0.1) is 5.82 Å². The van der Waals surface area contributed by atoms with Crippen LogP contribution in [0.5, 0.6) is 0 Å². The number of Topliss-reactive ketones (excluding diaryl/α,β-unsaturated/α-hetero) is 1. The molecule has 1 saturated heterocycles. The summed E-state index contributed by atoms with van der Waals surface area (Å²) in [5.74, 6) is -2.00. The van der Waals surface area contributed by atoms with Gasteiger partial charge < -0.3 is 14.9 Å². The van der Waals surface area contributed by atoms with Gasteiger partial charge >= 0.3 is 0 Å². The molecule has 0 aromatic heterocycles. The monoisotopic (exact) mass is 396 g/mol. The lowest BCUT2D eigenvalue weighted by molar-refractivity contribution is -0.140. The van der Waals surface area contributed by atoms with Crippen molar-refractivity contribution in [3.05, 3.63) is 77.1 Å². The average Bonchev–Trinajstić information content (AvgIpc) is 3.00. The van der Waals surface area contributed by atoms with Crippen molar-refractivity contribution < 1.29 is 19.1 Å². The van der Waals surface area contributed by atoms with Gasteiger partial charge in [0.05, 0.1) is 11.6 Å².